The van der Waals surface area contributed by atoms with Crippen molar-refractivity contribution in [1.29, 1.82) is 0 Å². The van der Waals surface area contributed by atoms with Crippen molar-refractivity contribution in [1.82, 2.24) is 15.2 Å². The molecule has 22 heavy (non-hydrogen) atoms. The molecule has 2 aromatic rings. The van der Waals surface area contributed by atoms with Gasteiger partial charge in [0.2, 0.25) is 0 Å². The molecule has 1 aliphatic heterocycles. The molecule has 0 amide bonds. The van der Waals surface area contributed by atoms with E-state index in [1.165, 1.54) is 11.1 Å². The number of hydrogen-bond donors (Lipinski definition) is 1. The zero-order chi connectivity index (χ0) is 15.4. The van der Waals surface area contributed by atoms with Gasteiger partial charge < -0.3 is 10.1 Å². The molecule has 0 aliphatic carbocycles. The molecule has 3 rings (SSSR count). The zero-order valence-electron chi connectivity index (χ0n) is 13.2. The molecule has 1 aliphatic rings. The maximum absolute atomic E-state index is 5.55. The van der Waals surface area contributed by atoms with Crippen LogP contribution in [0, 0.1) is 6.92 Å². The predicted molar refractivity (Wildman–Crippen MR) is 88.0 cm³/mol. The van der Waals surface area contributed by atoms with E-state index in [1.807, 2.05) is 24.4 Å². The summed E-state index contributed by atoms with van der Waals surface area (Å²) in [5.41, 5.74) is 3.65. The number of aromatic nitrogens is 1. The summed E-state index contributed by atoms with van der Waals surface area (Å²) in [6.07, 6.45) is 1.88. The van der Waals surface area contributed by atoms with Crippen molar-refractivity contribution >= 4 is 0 Å². The minimum Gasteiger partial charge on any atom is -0.496 e. The second kappa shape index (κ2) is 6.90. The molecule has 4 nitrogen and oxygen atoms in total. The molecule has 1 atom stereocenters. The number of nitrogens with one attached hydrogen (secondary N) is 1. The molecule has 0 bridgehead atoms. The van der Waals surface area contributed by atoms with Crippen LogP contribution in [0.4, 0.5) is 0 Å². The smallest absolute Gasteiger partial charge is 0.123 e. The fourth-order valence-corrected chi connectivity index (χ4v) is 3.06. The molecule has 1 saturated heterocycles. The summed E-state index contributed by atoms with van der Waals surface area (Å²) in [4.78, 5) is 7.04. The highest BCUT2D eigenvalue weighted by Gasteiger charge is 2.26. The number of rotatable bonds is 4. The van der Waals surface area contributed by atoms with Gasteiger partial charge in [0.15, 0.2) is 0 Å². The first-order valence-corrected chi connectivity index (χ1v) is 7.78. The first kappa shape index (κ1) is 15.0. The Hall–Kier alpha value is -1.91. The van der Waals surface area contributed by atoms with Gasteiger partial charge in [-0.1, -0.05) is 24.3 Å². The number of aryl methyl sites for hydroxylation is 1. The third-order valence-corrected chi connectivity index (χ3v) is 4.32. The number of pyridine rings is 1. The number of para-hydroxylation sites is 1. The Balaban J connectivity index is 1.87. The molecule has 0 saturated carbocycles. The number of piperazine rings is 1. The van der Waals surface area contributed by atoms with Crippen molar-refractivity contribution in [2.45, 2.75) is 19.5 Å². The van der Waals surface area contributed by atoms with Gasteiger partial charge in [-0.15, -0.1) is 0 Å². The van der Waals surface area contributed by atoms with Gasteiger partial charge in [0.05, 0.1) is 18.8 Å². The Morgan fingerprint density at radius 1 is 1.27 bits per heavy atom. The van der Waals surface area contributed by atoms with E-state index in [0.29, 0.717) is 6.04 Å². The van der Waals surface area contributed by atoms with E-state index in [0.717, 1.165) is 37.6 Å². The molecule has 116 valence electrons. The van der Waals surface area contributed by atoms with Gasteiger partial charge in [-0.3, -0.25) is 9.88 Å². The summed E-state index contributed by atoms with van der Waals surface area (Å²) in [6.45, 7) is 5.96. The van der Waals surface area contributed by atoms with E-state index in [1.54, 1.807) is 7.11 Å². The number of nitrogens with zero attached hydrogens (tertiary/aromatic N) is 2. The van der Waals surface area contributed by atoms with Crippen molar-refractivity contribution in [3.63, 3.8) is 0 Å². The summed E-state index contributed by atoms with van der Waals surface area (Å²) in [5, 5.41) is 3.50. The highest BCUT2D eigenvalue weighted by molar-refractivity contribution is 5.36. The van der Waals surface area contributed by atoms with Crippen LogP contribution in [0.2, 0.25) is 0 Å². The number of methoxy groups -OCH3 is 1. The van der Waals surface area contributed by atoms with E-state index < -0.39 is 0 Å². The first-order chi connectivity index (χ1) is 10.8. The molecule has 4 heteroatoms. The average Bonchev–Trinajstić information content (AvgIpc) is 2.57. The lowest BCUT2D eigenvalue weighted by Gasteiger charge is -2.37. The maximum atomic E-state index is 5.55. The van der Waals surface area contributed by atoms with Crippen molar-refractivity contribution in [2.75, 3.05) is 26.7 Å². The lowest BCUT2D eigenvalue weighted by Crippen LogP contribution is -2.45. The van der Waals surface area contributed by atoms with Gasteiger partial charge in [-0.25, -0.2) is 0 Å². The summed E-state index contributed by atoms with van der Waals surface area (Å²) >= 11 is 0. The normalized spacial score (nSPS) is 19.1. The number of hydrogen-bond acceptors (Lipinski definition) is 4. The van der Waals surface area contributed by atoms with Crippen molar-refractivity contribution in [2.24, 2.45) is 0 Å². The standard InChI is InChI=1S/C18H23N3O/c1-14-6-5-9-20-16(14)13-21-11-10-19-12-17(21)15-7-3-4-8-18(15)22-2/h3-9,17,19H,10-13H2,1-2H3. The predicted octanol–water partition coefficient (Wildman–Crippen LogP) is 2.55. The lowest BCUT2D eigenvalue weighted by atomic mass is 10.0. The van der Waals surface area contributed by atoms with E-state index in [4.69, 9.17) is 4.74 Å². The van der Waals surface area contributed by atoms with Gasteiger partial charge in [-0.2, -0.15) is 0 Å². The Kier molecular flexibility index (Phi) is 4.71. The summed E-state index contributed by atoms with van der Waals surface area (Å²) in [7, 11) is 1.74. The summed E-state index contributed by atoms with van der Waals surface area (Å²) in [6, 6.07) is 12.7. The van der Waals surface area contributed by atoms with Crippen LogP contribution in [0.15, 0.2) is 42.6 Å². The fraction of sp³-hybridized carbons (Fsp3) is 0.389. The van der Waals surface area contributed by atoms with Gasteiger partial charge in [0, 0.05) is 37.9 Å². The molecule has 1 N–H and O–H groups in total. The first-order valence-electron chi connectivity index (χ1n) is 7.78. The van der Waals surface area contributed by atoms with Crippen molar-refractivity contribution < 1.29 is 4.74 Å². The Labute approximate surface area is 132 Å². The van der Waals surface area contributed by atoms with E-state index in [-0.39, 0.29) is 0 Å². The van der Waals surface area contributed by atoms with Crippen LogP contribution in [0.5, 0.6) is 5.75 Å². The highest BCUT2D eigenvalue weighted by Crippen LogP contribution is 2.31. The van der Waals surface area contributed by atoms with Crippen LogP contribution in [0.25, 0.3) is 0 Å². The van der Waals surface area contributed by atoms with Crippen LogP contribution < -0.4 is 10.1 Å². The third-order valence-electron chi connectivity index (χ3n) is 4.32. The fourth-order valence-electron chi connectivity index (χ4n) is 3.06. The molecule has 1 aromatic carbocycles. The monoisotopic (exact) mass is 297 g/mol. The van der Waals surface area contributed by atoms with Crippen LogP contribution in [0.1, 0.15) is 22.9 Å². The topological polar surface area (TPSA) is 37.4 Å². The minimum atomic E-state index is 0.311. The van der Waals surface area contributed by atoms with Crippen molar-refractivity contribution in [3.05, 3.63) is 59.4 Å². The molecular weight excluding hydrogens is 274 g/mol. The molecular formula is C18H23N3O. The van der Waals surface area contributed by atoms with Gasteiger partial charge >= 0.3 is 0 Å². The molecule has 1 aromatic heterocycles. The molecule has 0 spiro atoms. The third kappa shape index (κ3) is 3.13. The van der Waals surface area contributed by atoms with Gasteiger partial charge in [0.1, 0.15) is 5.75 Å². The SMILES string of the molecule is COc1ccccc1C1CNCCN1Cc1ncccc1C. The van der Waals surface area contributed by atoms with Crippen LogP contribution in [0.3, 0.4) is 0 Å². The van der Waals surface area contributed by atoms with E-state index >= 15 is 0 Å². The Morgan fingerprint density at radius 2 is 2.14 bits per heavy atom. The van der Waals surface area contributed by atoms with Crippen LogP contribution >= 0.6 is 0 Å². The summed E-state index contributed by atoms with van der Waals surface area (Å²) < 4.78 is 5.55. The lowest BCUT2D eigenvalue weighted by molar-refractivity contribution is 0.149. The van der Waals surface area contributed by atoms with Crippen molar-refractivity contribution in [3.8, 4) is 5.75 Å². The van der Waals surface area contributed by atoms with E-state index in [2.05, 4.69) is 40.3 Å². The Morgan fingerprint density at radius 3 is 2.95 bits per heavy atom. The number of benzene rings is 1. The molecule has 1 fully saturated rings. The number of ether oxygens (including phenoxy) is 1. The second-order valence-corrected chi connectivity index (χ2v) is 5.70. The van der Waals surface area contributed by atoms with E-state index in [9.17, 15) is 0 Å². The second-order valence-electron chi connectivity index (χ2n) is 5.70. The molecule has 2 heterocycles. The van der Waals surface area contributed by atoms with Gasteiger partial charge in [-0.05, 0) is 24.6 Å². The highest BCUT2D eigenvalue weighted by atomic mass is 16.5. The molecule has 1 unspecified atom stereocenters. The molecule has 0 radical (unpaired) electrons. The van der Waals surface area contributed by atoms with Gasteiger partial charge in [0.25, 0.3) is 0 Å². The zero-order valence-corrected chi connectivity index (χ0v) is 13.2. The minimum absolute atomic E-state index is 0.311. The summed E-state index contributed by atoms with van der Waals surface area (Å²) in [5.74, 6) is 0.957. The Bertz CT molecular complexity index is 629. The maximum Gasteiger partial charge on any atom is 0.123 e. The quantitative estimate of drug-likeness (QED) is 0.941. The van der Waals surface area contributed by atoms with Crippen LogP contribution in [-0.2, 0) is 6.54 Å². The largest absolute Gasteiger partial charge is 0.496 e. The average molecular weight is 297 g/mol. The van der Waals surface area contributed by atoms with Crippen LogP contribution in [-0.4, -0.2) is 36.6 Å².